The first-order chi connectivity index (χ1) is 13.3. The van der Waals surface area contributed by atoms with Crippen molar-refractivity contribution in [2.24, 2.45) is 5.73 Å². The van der Waals surface area contributed by atoms with E-state index in [1.807, 2.05) is 13.0 Å². The molecular weight excluding hydrogens is 386 g/mol. The van der Waals surface area contributed by atoms with Crippen molar-refractivity contribution in [2.45, 2.75) is 31.7 Å². The number of aromatic nitrogens is 4. The van der Waals surface area contributed by atoms with Crippen molar-refractivity contribution < 1.29 is 13.6 Å². The normalized spacial score (nSPS) is 19.1. The minimum atomic E-state index is -3.06. The predicted octanol–water partition coefficient (Wildman–Crippen LogP) is 2.19. The summed E-state index contributed by atoms with van der Waals surface area (Å²) in [6.07, 6.45) is 3.35. The molecule has 146 valence electrons. The van der Waals surface area contributed by atoms with Gasteiger partial charge in [0.05, 0.1) is 24.7 Å². The van der Waals surface area contributed by atoms with Gasteiger partial charge in [0.15, 0.2) is 5.01 Å². The summed E-state index contributed by atoms with van der Waals surface area (Å²) >= 11 is 1.44. The third-order valence-electron chi connectivity index (χ3n) is 4.74. The number of piperidine rings is 1. The van der Waals surface area contributed by atoms with E-state index in [4.69, 9.17) is 5.73 Å². The topological polar surface area (TPSA) is 97.9 Å². The van der Waals surface area contributed by atoms with Crippen molar-refractivity contribution in [1.82, 2.24) is 25.1 Å². The van der Waals surface area contributed by atoms with Crippen molar-refractivity contribution in [3.8, 4) is 10.7 Å². The maximum atomic E-state index is 13.8. The highest BCUT2D eigenvalue weighted by atomic mass is 32.1. The standard InChI is InChI=1S/C18H18F2N6OS/c1-10-24-25-17(28-10)14-5-11-4-13(22-7-12(11)8-23-14)6-16(27)26-3-2-15(21)18(19,20)9-26/h4-5,7-8,15H,2-3,6,9,21H2,1H3. The molecule has 0 bridgehead atoms. The molecule has 1 atom stereocenters. The first-order valence-electron chi connectivity index (χ1n) is 8.78. The third kappa shape index (κ3) is 3.69. The summed E-state index contributed by atoms with van der Waals surface area (Å²) in [4.78, 5) is 22.3. The molecule has 1 saturated heterocycles. The zero-order chi connectivity index (χ0) is 19.9. The number of hydrogen-bond donors (Lipinski definition) is 1. The minimum absolute atomic E-state index is 0.0448. The molecule has 10 heteroatoms. The number of amides is 1. The number of pyridine rings is 2. The fourth-order valence-corrected chi connectivity index (χ4v) is 3.79. The first-order valence-corrected chi connectivity index (χ1v) is 9.60. The fraction of sp³-hybridized carbons (Fsp3) is 0.389. The van der Waals surface area contributed by atoms with Gasteiger partial charge in [0, 0.05) is 24.3 Å². The highest BCUT2D eigenvalue weighted by molar-refractivity contribution is 7.14. The Morgan fingerprint density at radius 1 is 1.29 bits per heavy atom. The maximum absolute atomic E-state index is 13.8. The minimum Gasteiger partial charge on any atom is -0.336 e. The van der Waals surface area contributed by atoms with Crippen LogP contribution in [0, 0.1) is 6.92 Å². The number of nitrogens with two attached hydrogens (primary N) is 1. The number of hydrogen-bond acceptors (Lipinski definition) is 7. The van der Waals surface area contributed by atoms with Gasteiger partial charge >= 0.3 is 0 Å². The van der Waals surface area contributed by atoms with E-state index in [2.05, 4.69) is 20.2 Å². The van der Waals surface area contributed by atoms with Gasteiger partial charge in [-0.2, -0.15) is 0 Å². The number of alkyl halides is 2. The van der Waals surface area contributed by atoms with Gasteiger partial charge in [0.1, 0.15) is 10.7 Å². The van der Waals surface area contributed by atoms with Crippen LogP contribution in [0.1, 0.15) is 17.1 Å². The molecule has 1 unspecified atom stereocenters. The molecule has 4 rings (SSSR count). The molecular formula is C18H18F2N6OS. The van der Waals surface area contributed by atoms with E-state index < -0.39 is 18.5 Å². The van der Waals surface area contributed by atoms with E-state index >= 15 is 0 Å². The largest absolute Gasteiger partial charge is 0.336 e. The van der Waals surface area contributed by atoms with Crippen LogP contribution >= 0.6 is 11.3 Å². The lowest BCUT2D eigenvalue weighted by Gasteiger charge is -2.36. The molecule has 3 aromatic rings. The van der Waals surface area contributed by atoms with Crippen LogP contribution in [0.3, 0.4) is 0 Å². The van der Waals surface area contributed by atoms with Gasteiger partial charge in [-0.05, 0) is 30.9 Å². The molecule has 7 nitrogen and oxygen atoms in total. The lowest BCUT2D eigenvalue weighted by Crippen LogP contribution is -2.56. The summed E-state index contributed by atoms with van der Waals surface area (Å²) in [5.41, 5.74) is 6.64. The van der Waals surface area contributed by atoms with Crippen LogP contribution in [0.25, 0.3) is 21.5 Å². The van der Waals surface area contributed by atoms with Crippen LogP contribution in [0.4, 0.5) is 8.78 Å². The SMILES string of the molecule is Cc1nnc(-c2cc3cc(CC(=O)N4CCC(N)C(F)(F)C4)ncc3cn2)s1. The molecule has 0 radical (unpaired) electrons. The number of rotatable bonds is 3. The Balaban J connectivity index is 1.55. The Hall–Kier alpha value is -2.59. The van der Waals surface area contributed by atoms with E-state index in [1.165, 1.54) is 11.3 Å². The third-order valence-corrected chi connectivity index (χ3v) is 5.61. The number of carbonyl (C=O) groups is 1. The molecule has 0 aromatic carbocycles. The molecule has 1 aliphatic heterocycles. The Morgan fingerprint density at radius 3 is 2.79 bits per heavy atom. The van der Waals surface area contributed by atoms with Crippen LogP contribution in [-0.4, -0.2) is 56.0 Å². The predicted molar refractivity (Wildman–Crippen MR) is 101 cm³/mol. The monoisotopic (exact) mass is 404 g/mol. The van der Waals surface area contributed by atoms with E-state index in [1.54, 1.807) is 18.5 Å². The van der Waals surface area contributed by atoms with Crippen molar-refractivity contribution in [1.29, 1.82) is 0 Å². The average Bonchev–Trinajstić information content (AvgIpc) is 3.09. The van der Waals surface area contributed by atoms with Crippen molar-refractivity contribution >= 4 is 28.0 Å². The van der Waals surface area contributed by atoms with E-state index in [-0.39, 0.29) is 25.3 Å². The van der Waals surface area contributed by atoms with E-state index in [0.29, 0.717) is 16.4 Å². The van der Waals surface area contributed by atoms with Gasteiger partial charge in [0.25, 0.3) is 5.92 Å². The van der Waals surface area contributed by atoms with Crippen LogP contribution in [0.15, 0.2) is 24.5 Å². The Bertz CT molecular complexity index is 1040. The molecule has 1 amide bonds. The molecule has 1 aliphatic rings. The summed E-state index contributed by atoms with van der Waals surface area (Å²) < 4.78 is 27.6. The Morgan fingerprint density at radius 2 is 2.07 bits per heavy atom. The number of carbonyl (C=O) groups excluding carboxylic acids is 1. The van der Waals surface area contributed by atoms with E-state index in [0.717, 1.165) is 20.7 Å². The molecule has 1 fully saturated rings. The van der Waals surface area contributed by atoms with Gasteiger partial charge in [-0.25, -0.2) is 8.78 Å². The first kappa shape index (κ1) is 18.8. The zero-order valence-corrected chi connectivity index (χ0v) is 15.9. The second-order valence-electron chi connectivity index (χ2n) is 6.87. The molecule has 0 saturated carbocycles. The molecule has 4 heterocycles. The van der Waals surface area contributed by atoms with Crippen molar-refractivity contribution in [2.75, 3.05) is 13.1 Å². The Kier molecular flexibility index (Phi) is 4.76. The number of halogens is 2. The van der Waals surface area contributed by atoms with E-state index in [9.17, 15) is 13.6 Å². The second-order valence-corrected chi connectivity index (χ2v) is 8.05. The van der Waals surface area contributed by atoms with Gasteiger partial charge in [-0.15, -0.1) is 10.2 Å². The number of aryl methyl sites for hydroxylation is 1. The van der Waals surface area contributed by atoms with Gasteiger partial charge in [-0.1, -0.05) is 11.3 Å². The number of nitrogens with zero attached hydrogens (tertiary/aromatic N) is 5. The summed E-state index contributed by atoms with van der Waals surface area (Å²) in [5, 5.41) is 11.3. The quantitative estimate of drug-likeness (QED) is 0.719. The maximum Gasteiger partial charge on any atom is 0.280 e. The van der Waals surface area contributed by atoms with Crippen LogP contribution in [0.2, 0.25) is 0 Å². The molecule has 3 aromatic heterocycles. The lowest BCUT2D eigenvalue weighted by molar-refractivity contribution is -0.143. The average molecular weight is 404 g/mol. The molecule has 0 spiro atoms. The molecule has 28 heavy (non-hydrogen) atoms. The lowest BCUT2D eigenvalue weighted by atomic mass is 10.0. The Labute approximate surface area is 163 Å². The van der Waals surface area contributed by atoms with Crippen molar-refractivity contribution in [3.05, 3.63) is 35.2 Å². The van der Waals surface area contributed by atoms with Gasteiger partial charge in [-0.3, -0.25) is 14.8 Å². The number of fused-ring (bicyclic) bond motifs is 1. The van der Waals surface area contributed by atoms with Crippen LogP contribution < -0.4 is 5.73 Å². The van der Waals surface area contributed by atoms with Crippen LogP contribution in [-0.2, 0) is 11.2 Å². The summed E-state index contributed by atoms with van der Waals surface area (Å²) in [5.74, 6) is -3.45. The smallest absolute Gasteiger partial charge is 0.280 e. The second kappa shape index (κ2) is 7.10. The molecule has 0 aliphatic carbocycles. The van der Waals surface area contributed by atoms with Gasteiger partial charge < -0.3 is 10.6 Å². The fourth-order valence-electron chi connectivity index (χ4n) is 3.13. The highest BCUT2D eigenvalue weighted by Crippen LogP contribution is 2.27. The zero-order valence-electron chi connectivity index (χ0n) is 15.1. The summed E-state index contributed by atoms with van der Waals surface area (Å²) in [6.45, 7) is 1.45. The number of likely N-dealkylation sites (tertiary alicyclic amines) is 1. The van der Waals surface area contributed by atoms with Crippen LogP contribution in [0.5, 0.6) is 0 Å². The summed E-state index contributed by atoms with van der Waals surface area (Å²) in [6, 6.07) is 2.43. The highest BCUT2D eigenvalue weighted by Gasteiger charge is 2.43. The van der Waals surface area contributed by atoms with Crippen molar-refractivity contribution in [3.63, 3.8) is 0 Å². The van der Waals surface area contributed by atoms with Gasteiger partial charge in [0.2, 0.25) is 5.91 Å². The molecule has 2 N–H and O–H groups in total. The summed E-state index contributed by atoms with van der Waals surface area (Å²) in [7, 11) is 0.